The Morgan fingerprint density at radius 1 is 1.10 bits per heavy atom. The topological polar surface area (TPSA) is 113 Å². The van der Waals surface area contributed by atoms with E-state index in [1.54, 1.807) is 41.5 Å². The first-order chi connectivity index (χ1) is 9.35. The molecule has 0 bridgehead atoms. The minimum absolute atomic E-state index is 0.663. The first kappa shape index (κ1) is 19.1. The number of esters is 1. The van der Waals surface area contributed by atoms with E-state index in [1.165, 1.54) is 6.92 Å². The van der Waals surface area contributed by atoms with E-state index >= 15 is 0 Å². The molecule has 0 aliphatic heterocycles. The Morgan fingerprint density at radius 2 is 1.57 bits per heavy atom. The Balaban J connectivity index is 4.85. The van der Waals surface area contributed by atoms with Gasteiger partial charge in [0.1, 0.15) is 11.2 Å². The Morgan fingerprint density at radius 3 is 1.95 bits per heavy atom. The van der Waals surface area contributed by atoms with Crippen LogP contribution in [0.1, 0.15) is 48.5 Å². The molecule has 0 aromatic carbocycles. The van der Waals surface area contributed by atoms with Crippen LogP contribution in [0.15, 0.2) is 5.11 Å². The van der Waals surface area contributed by atoms with Gasteiger partial charge in [-0.1, -0.05) is 5.11 Å². The second-order valence-corrected chi connectivity index (χ2v) is 6.62. The number of hydrogen-bond donors (Lipinski definition) is 1. The highest BCUT2D eigenvalue weighted by atomic mass is 16.6. The lowest BCUT2D eigenvalue weighted by Gasteiger charge is -2.26. The van der Waals surface area contributed by atoms with Crippen LogP contribution in [0.5, 0.6) is 0 Å². The zero-order chi connectivity index (χ0) is 16.8. The number of azide groups is 1. The van der Waals surface area contributed by atoms with Crippen molar-refractivity contribution in [2.24, 2.45) is 5.11 Å². The number of rotatable bonds is 4. The van der Waals surface area contributed by atoms with Crippen molar-refractivity contribution in [2.45, 2.75) is 71.8 Å². The highest BCUT2D eigenvalue weighted by Crippen LogP contribution is 2.13. The fourth-order valence-corrected chi connectivity index (χ4v) is 1.34. The second kappa shape index (κ2) is 7.17. The molecule has 0 aliphatic rings. The van der Waals surface area contributed by atoms with Gasteiger partial charge in [0.2, 0.25) is 0 Å². The van der Waals surface area contributed by atoms with Gasteiger partial charge in [-0.05, 0) is 54.0 Å². The third kappa shape index (κ3) is 8.75. The van der Waals surface area contributed by atoms with Crippen molar-refractivity contribution in [3.8, 4) is 0 Å². The maximum absolute atomic E-state index is 12.0. The number of carbonyl (C=O) groups excluding carboxylic acids is 2. The van der Waals surface area contributed by atoms with E-state index < -0.39 is 35.3 Å². The molecule has 0 aliphatic carbocycles. The highest BCUT2D eigenvalue weighted by molar-refractivity contribution is 5.78. The lowest BCUT2D eigenvalue weighted by Crippen LogP contribution is -2.47. The number of ether oxygens (including phenoxy) is 2. The first-order valence-electron chi connectivity index (χ1n) is 6.62. The third-order valence-electron chi connectivity index (χ3n) is 2.04. The van der Waals surface area contributed by atoms with E-state index in [9.17, 15) is 9.59 Å². The van der Waals surface area contributed by atoms with Crippen molar-refractivity contribution in [1.29, 1.82) is 0 Å². The Bertz CT molecular complexity index is 430. The molecule has 0 aromatic heterocycles. The minimum atomic E-state index is -1.17. The predicted molar refractivity (Wildman–Crippen MR) is 77.6 cm³/mol. The van der Waals surface area contributed by atoms with Gasteiger partial charge in [0.15, 0.2) is 6.04 Å². The summed E-state index contributed by atoms with van der Waals surface area (Å²) in [6, 6.07) is -1.92. The minimum Gasteiger partial charge on any atom is -0.460 e. The van der Waals surface area contributed by atoms with Crippen molar-refractivity contribution >= 4 is 12.1 Å². The smallest absolute Gasteiger partial charge is 0.407 e. The zero-order valence-corrected chi connectivity index (χ0v) is 13.6. The SMILES string of the molecule is C[C@@H](NC(=O)OC(C)(C)C)[C@@H](N=[N+]=[N-])C(=O)OC(C)(C)C. The van der Waals surface area contributed by atoms with Gasteiger partial charge in [0.25, 0.3) is 0 Å². The van der Waals surface area contributed by atoms with Crippen LogP contribution >= 0.6 is 0 Å². The largest absolute Gasteiger partial charge is 0.460 e. The van der Waals surface area contributed by atoms with Gasteiger partial charge in [-0.3, -0.25) is 4.79 Å². The average Bonchev–Trinajstić information content (AvgIpc) is 2.19. The summed E-state index contributed by atoms with van der Waals surface area (Å²) in [5.41, 5.74) is 7.18. The number of hydrogen-bond acceptors (Lipinski definition) is 5. The summed E-state index contributed by atoms with van der Waals surface area (Å²) >= 11 is 0. The molecule has 21 heavy (non-hydrogen) atoms. The molecule has 0 saturated carbocycles. The van der Waals surface area contributed by atoms with E-state index in [4.69, 9.17) is 15.0 Å². The van der Waals surface area contributed by atoms with E-state index in [1.807, 2.05) is 0 Å². The van der Waals surface area contributed by atoms with Crippen molar-refractivity contribution in [2.75, 3.05) is 0 Å². The van der Waals surface area contributed by atoms with Crippen molar-refractivity contribution < 1.29 is 19.1 Å². The van der Waals surface area contributed by atoms with Gasteiger partial charge in [-0.15, -0.1) is 0 Å². The fraction of sp³-hybridized carbons (Fsp3) is 0.846. The fourth-order valence-electron chi connectivity index (χ4n) is 1.34. The van der Waals surface area contributed by atoms with Crippen LogP contribution in [0.4, 0.5) is 4.79 Å². The quantitative estimate of drug-likeness (QED) is 0.372. The van der Waals surface area contributed by atoms with Gasteiger partial charge in [-0.2, -0.15) is 0 Å². The third-order valence-corrected chi connectivity index (χ3v) is 2.04. The van der Waals surface area contributed by atoms with Gasteiger partial charge in [-0.25, -0.2) is 4.79 Å². The summed E-state index contributed by atoms with van der Waals surface area (Å²) in [5, 5.41) is 5.85. The molecule has 0 rings (SSSR count). The van der Waals surface area contributed by atoms with E-state index in [-0.39, 0.29) is 0 Å². The molecule has 0 spiro atoms. The maximum atomic E-state index is 12.0. The molecule has 0 aromatic rings. The zero-order valence-electron chi connectivity index (χ0n) is 13.6. The molecule has 0 saturated heterocycles. The summed E-state index contributed by atoms with van der Waals surface area (Å²) < 4.78 is 10.2. The maximum Gasteiger partial charge on any atom is 0.407 e. The van der Waals surface area contributed by atoms with E-state index in [0.29, 0.717) is 0 Å². The molecule has 1 N–H and O–H groups in total. The normalized spacial score (nSPS) is 14.4. The van der Waals surface area contributed by atoms with Crippen LogP contribution in [-0.2, 0) is 14.3 Å². The predicted octanol–water partition coefficient (Wildman–Crippen LogP) is 2.92. The Hall–Kier alpha value is -1.95. The molecule has 120 valence electrons. The summed E-state index contributed by atoms with van der Waals surface area (Å²) in [6.07, 6.45) is -0.698. The summed E-state index contributed by atoms with van der Waals surface area (Å²) in [6.45, 7) is 11.8. The van der Waals surface area contributed by atoms with Gasteiger partial charge >= 0.3 is 12.1 Å². The van der Waals surface area contributed by atoms with E-state index in [2.05, 4.69) is 15.3 Å². The van der Waals surface area contributed by atoms with Crippen molar-refractivity contribution in [3.63, 3.8) is 0 Å². The van der Waals surface area contributed by atoms with Crippen molar-refractivity contribution in [1.82, 2.24) is 5.32 Å². The first-order valence-corrected chi connectivity index (χ1v) is 6.62. The number of amides is 1. The average molecular weight is 300 g/mol. The summed E-state index contributed by atoms with van der Waals surface area (Å²) in [5.74, 6) is -0.705. The van der Waals surface area contributed by atoms with E-state index in [0.717, 1.165) is 0 Å². The number of alkyl carbamates (subject to hydrolysis) is 1. The van der Waals surface area contributed by atoms with Crippen LogP contribution in [0.25, 0.3) is 10.4 Å². The molecular weight excluding hydrogens is 276 g/mol. The second-order valence-electron chi connectivity index (χ2n) is 6.62. The van der Waals surface area contributed by atoms with Gasteiger partial charge < -0.3 is 14.8 Å². The Labute approximate surface area is 124 Å². The van der Waals surface area contributed by atoms with Crippen LogP contribution in [0, 0.1) is 0 Å². The van der Waals surface area contributed by atoms with Crippen LogP contribution in [-0.4, -0.2) is 35.3 Å². The molecule has 0 fully saturated rings. The van der Waals surface area contributed by atoms with Crippen LogP contribution < -0.4 is 5.32 Å². The van der Waals surface area contributed by atoms with Crippen molar-refractivity contribution in [3.05, 3.63) is 10.4 Å². The van der Waals surface area contributed by atoms with Gasteiger partial charge in [0.05, 0.1) is 0 Å². The molecule has 0 unspecified atom stereocenters. The molecule has 8 heteroatoms. The molecule has 2 atom stereocenters. The Kier molecular flexibility index (Phi) is 6.51. The summed E-state index contributed by atoms with van der Waals surface area (Å²) in [7, 11) is 0. The lowest BCUT2D eigenvalue weighted by molar-refractivity contribution is -0.156. The van der Waals surface area contributed by atoms with Gasteiger partial charge in [0, 0.05) is 11.0 Å². The number of nitrogens with zero attached hydrogens (tertiary/aromatic N) is 3. The molecular formula is C13H24N4O4. The monoisotopic (exact) mass is 300 g/mol. The summed E-state index contributed by atoms with van der Waals surface area (Å²) in [4.78, 5) is 26.3. The number of carbonyl (C=O) groups is 2. The highest BCUT2D eigenvalue weighted by Gasteiger charge is 2.31. The molecule has 0 radical (unpaired) electrons. The number of nitrogens with one attached hydrogen (secondary N) is 1. The van der Waals surface area contributed by atoms with Crippen LogP contribution in [0.3, 0.4) is 0 Å². The lowest BCUT2D eigenvalue weighted by atomic mass is 10.1. The van der Waals surface area contributed by atoms with Crippen LogP contribution in [0.2, 0.25) is 0 Å². The molecule has 8 nitrogen and oxygen atoms in total. The standard InChI is InChI=1S/C13H24N4O4/c1-8(15-11(19)21-13(5,6)7)9(16-17-14)10(18)20-12(2,3)4/h8-9H,1-7H3,(H,15,19)/t8-,9-/m1/s1. The molecule has 1 amide bonds. The molecule has 0 heterocycles.